The Morgan fingerprint density at radius 1 is 1.02 bits per heavy atom. The number of unbranched alkanes of at least 4 members (excludes halogenated alkanes) is 1. The van der Waals surface area contributed by atoms with Gasteiger partial charge in [0.1, 0.15) is 17.7 Å². The zero-order valence-corrected chi connectivity index (χ0v) is 30.3. The number of hydrogen-bond acceptors (Lipinski definition) is 7. The van der Waals surface area contributed by atoms with E-state index < -0.39 is 6.09 Å². The third-order valence-corrected chi connectivity index (χ3v) is 11.8. The van der Waals surface area contributed by atoms with Crippen LogP contribution in [0.15, 0.2) is 48.9 Å². The summed E-state index contributed by atoms with van der Waals surface area (Å²) in [5.41, 5.74) is 4.85. The number of methoxy groups -OCH3 is 1. The molecular weight excluding hydrogens is 630 g/mol. The lowest BCUT2D eigenvalue weighted by atomic mass is 9.51. The van der Waals surface area contributed by atoms with E-state index in [1.165, 1.54) is 11.1 Å². The number of carbonyl (C=O) groups excluding carboxylic acids is 2. The lowest BCUT2D eigenvalue weighted by Gasteiger charge is -2.55. The van der Waals surface area contributed by atoms with Crippen molar-refractivity contribution in [2.45, 2.75) is 115 Å². The number of amides is 2. The van der Waals surface area contributed by atoms with Gasteiger partial charge in [0.2, 0.25) is 5.91 Å². The fourth-order valence-electron chi connectivity index (χ4n) is 8.53. The first-order chi connectivity index (χ1) is 24.1. The Labute approximate surface area is 296 Å². The number of benzene rings is 1. The maximum Gasteiger partial charge on any atom is 0.407 e. The summed E-state index contributed by atoms with van der Waals surface area (Å²) in [5.74, 6) is 1.61. The van der Waals surface area contributed by atoms with Crippen LogP contribution in [0, 0.1) is 18.3 Å². The molecule has 0 saturated heterocycles. The molecule has 2 heterocycles. The van der Waals surface area contributed by atoms with Gasteiger partial charge in [0, 0.05) is 49.6 Å². The van der Waals surface area contributed by atoms with Crippen LogP contribution >= 0.6 is 0 Å². The van der Waals surface area contributed by atoms with Crippen molar-refractivity contribution in [2.75, 3.05) is 31.7 Å². The number of fused-ring (bicyclic) bond motifs is 3. The van der Waals surface area contributed by atoms with E-state index in [1.807, 2.05) is 28.0 Å². The fraction of sp³-hybridized carbons (Fsp3) is 0.600. The zero-order valence-electron chi connectivity index (χ0n) is 30.3. The maximum atomic E-state index is 14.6. The van der Waals surface area contributed by atoms with Crippen molar-refractivity contribution >= 4 is 17.8 Å². The Morgan fingerprint density at radius 3 is 2.40 bits per heavy atom. The molecule has 0 atom stereocenters. The Morgan fingerprint density at radius 2 is 1.76 bits per heavy atom. The Kier molecular flexibility index (Phi) is 11.2. The second kappa shape index (κ2) is 15.5. The average Bonchev–Trinajstić information content (AvgIpc) is 3.65. The summed E-state index contributed by atoms with van der Waals surface area (Å²) < 4.78 is 13.2. The first-order valence-corrected chi connectivity index (χ1v) is 18.7. The van der Waals surface area contributed by atoms with Gasteiger partial charge in [-0.15, -0.1) is 0 Å². The molecule has 2 aromatic heterocycles. The van der Waals surface area contributed by atoms with E-state index >= 15 is 0 Å². The number of pyridine rings is 1. The SMILES string of the molecule is COc1ccc(C23CCC(CN(C(=O)C4CCC(OC(=O)NCCCCO)CC4)c4cc(-c5cnn(C(C)C)c5)ccn4)(CC2)CC3)cc1C. The fourth-order valence-corrected chi connectivity index (χ4v) is 8.53. The summed E-state index contributed by atoms with van der Waals surface area (Å²) in [6, 6.07) is 11.0. The van der Waals surface area contributed by atoms with E-state index in [0.29, 0.717) is 57.4 Å². The number of rotatable bonds is 13. The van der Waals surface area contributed by atoms with E-state index in [4.69, 9.17) is 19.6 Å². The highest BCUT2D eigenvalue weighted by Crippen LogP contribution is 2.58. The first kappa shape index (κ1) is 35.9. The number of aryl methyl sites for hydroxylation is 1. The summed E-state index contributed by atoms with van der Waals surface area (Å²) >= 11 is 0. The second-order valence-electron chi connectivity index (χ2n) is 15.3. The molecule has 0 radical (unpaired) electrons. The van der Waals surface area contributed by atoms with Crippen LogP contribution in [-0.2, 0) is 14.9 Å². The second-order valence-corrected chi connectivity index (χ2v) is 15.3. The van der Waals surface area contributed by atoms with E-state index in [9.17, 15) is 9.59 Å². The van der Waals surface area contributed by atoms with Gasteiger partial charge in [-0.25, -0.2) is 9.78 Å². The molecule has 4 aliphatic carbocycles. The van der Waals surface area contributed by atoms with Gasteiger partial charge in [-0.3, -0.25) is 14.4 Å². The van der Waals surface area contributed by atoms with Gasteiger partial charge in [0.15, 0.2) is 0 Å². The number of carbonyl (C=O) groups is 2. The molecule has 10 heteroatoms. The number of hydrogen-bond donors (Lipinski definition) is 2. The number of aromatic nitrogens is 3. The standard InChI is InChI=1S/C40H55N5O5/c1-28(2)45-26-32(25-43-45)31-13-21-41-36(24-31)44(37(47)30-7-10-34(11-8-30)50-38(48)42-20-5-6-22-46)27-39-14-17-40(18-15-39,19-16-39)33-9-12-35(49-4)29(3)23-33/h9,12-13,21,23-26,28,30,34,46H,5-8,10-11,14-20,22,27H2,1-4H3,(H,42,48). The minimum atomic E-state index is -0.421. The lowest BCUT2D eigenvalue weighted by Crippen LogP contribution is -2.52. The number of anilines is 1. The predicted octanol–water partition coefficient (Wildman–Crippen LogP) is 7.53. The molecule has 4 saturated carbocycles. The molecular formula is C40H55N5O5. The lowest BCUT2D eigenvalue weighted by molar-refractivity contribution is -0.124. The normalized spacial score (nSPS) is 24.6. The molecule has 2 amide bonds. The highest BCUT2D eigenvalue weighted by atomic mass is 16.6. The molecule has 270 valence electrons. The van der Waals surface area contributed by atoms with Crippen LogP contribution in [0.4, 0.5) is 10.6 Å². The summed E-state index contributed by atoms with van der Waals surface area (Å²) in [7, 11) is 1.73. The number of aliphatic hydroxyl groups is 1. The first-order valence-electron chi connectivity index (χ1n) is 18.7. The molecule has 4 fully saturated rings. The molecule has 7 rings (SSSR count). The third kappa shape index (κ3) is 7.85. The van der Waals surface area contributed by atoms with Gasteiger partial charge >= 0.3 is 6.09 Å². The minimum Gasteiger partial charge on any atom is -0.496 e. The summed E-state index contributed by atoms with van der Waals surface area (Å²) in [4.78, 5) is 33.8. The van der Waals surface area contributed by atoms with Gasteiger partial charge in [-0.2, -0.15) is 5.10 Å². The quantitative estimate of drug-likeness (QED) is 0.179. The van der Waals surface area contributed by atoms with Crippen LogP contribution in [0.3, 0.4) is 0 Å². The number of nitrogens with zero attached hydrogens (tertiary/aromatic N) is 4. The highest BCUT2D eigenvalue weighted by Gasteiger charge is 2.51. The average molecular weight is 686 g/mol. The van der Waals surface area contributed by atoms with Crippen LogP contribution in [0.25, 0.3) is 11.1 Å². The summed E-state index contributed by atoms with van der Waals surface area (Å²) in [5, 5.41) is 16.3. The Balaban J connectivity index is 1.18. The minimum absolute atomic E-state index is 0.0492. The van der Waals surface area contributed by atoms with E-state index in [2.05, 4.69) is 61.6 Å². The van der Waals surface area contributed by atoms with E-state index in [0.717, 1.165) is 55.4 Å². The van der Waals surface area contributed by atoms with Crippen molar-refractivity contribution in [3.05, 3.63) is 60.0 Å². The smallest absolute Gasteiger partial charge is 0.407 e. The van der Waals surface area contributed by atoms with Crippen LogP contribution < -0.4 is 15.0 Å². The molecule has 4 aliphatic rings. The number of nitrogens with one attached hydrogen (secondary N) is 1. The van der Waals surface area contributed by atoms with Gasteiger partial charge in [-0.1, -0.05) is 12.1 Å². The number of aliphatic hydroxyl groups excluding tert-OH is 1. The van der Waals surface area contributed by atoms with Crippen LogP contribution in [0.5, 0.6) is 5.75 Å². The van der Waals surface area contributed by atoms with Crippen molar-refractivity contribution in [3.8, 4) is 16.9 Å². The van der Waals surface area contributed by atoms with Crippen molar-refractivity contribution in [1.82, 2.24) is 20.1 Å². The molecule has 10 nitrogen and oxygen atoms in total. The van der Waals surface area contributed by atoms with Crippen molar-refractivity contribution in [2.24, 2.45) is 11.3 Å². The monoisotopic (exact) mass is 685 g/mol. The van der Waals surface area contributed by atoms with Crippen LogP contribution in [-0.4, -0.2) is 64.8 Å². The molecule has 0 aliphatic heterocycles. The molecule has 0 spiro atoms. The Bertz CT molecular complexity index is 1600. The summed E-state index contributed by atoms with van der Waals surface area (Å²) in [6.07, 6.45) is 15.8. The number of alkyl carbamates (subject to hydrolysis) is 1. The predicted molar refractivity (Wildman–Crippen MR) is 194 cm³/mol. The maximum absolute atomic E-state index is 14.6. The highest BCUT2D eigenvalue weighted by molar-refractivity contribution is 5.95. The molecule has 2 bridgehead atoms. The van der Waals surface area contributed by atoms with Gasteiger partial charge < -0.3 is 19.9 Å². The van der Waals surface area contributed by atoms with E-state index in [1.54, 1.807) is 7.11 Å². The van der Waals surface area contributed by atoms with Gasteiger partial charge in [0.25, 0.3) is 0 Å². The largest absolute Gasteiger partial charge is 0.496 e. The zero-order chi connectivity index (χ0) is 35.3. The van der Waals surface area contributed by atoms with E-state index in [-0.39, 0.29) is 41.4 Å². The Hall–Kier alpha value is -3.92. The van der Waals surface area contributed by atoms with Crippen molar-refractivity contribution in [1.29, 1.82) is 0 Å². The van der Waals surface area contributed by atoms with Crippen LogP contribution in [0.1, 0.15) is 108 Å². The molecule has 0 unspecified atom stereocenters. The summed E-state index contributed by atoms with van der Waals surface area (Å²) in [6.45, 7) is 7.60. The third-order valence-electron chi connectivity index (χ3n) is 11.8. The molecule has 50 heavy (non-hydrogen) atoms. The topological polar surface area (TPSA) is 119 Å². The van der Waals surface area contributed by atoms with Crippen molar-refractivity contribution < 1.29 is 24.2 Å². The van der Waals surface area contributed by atoms with Crippen LogP contribution in [0.2, 0.25) is 0 Å². The molecule has 3 aromatic rings. The molecule has 2 N–H and O–H groups in total. The number of ether oxygens (including phenoxy) is 2. The van der Waals surface area contributed by atoms with Crippen molar-refractivity contribution in [3.63, 3.8) is 0 Å². The van der Waals surface area contributed by atoms with Gasteiger partial charge in [0.05, 0.1) is 13.3 Å². The molecule has 1 aromatic carbocycles. The van der Waals surface area contributed by atoms with Gasteiger partial charge in [-0.05, 0) is 144 Å².